The average molecular weight is 186 g/mol. The Morgan fingerprint density at radius 1 is 1.46 bits per heavy atom. The van der Waals surface area contributed by atoms with Gasteiger partial charge in [0.05, 0.1) is 27.2 Å². The number of carbonyl (C=O) groups is 1. The number of piperidine rings is 1. The maximum Gasteiger partial charge on any atom is 0.364 e. The van der Waals surface area contributed by atoms with Gasteiger partial charge in [0.25, 0.3) is 0 Å². The van der Waals surface area contributed by atoms with Crippen molar-refractivity contribution < 1.29 is 14.0 Å². The monoisotopic (exact) mass is 186 g/mol. The highest BCUT2D eigenvalue weighted by atomic mass is 16.5. The predicted octanol–water partition coefficient (Wildman–Crippen LogP) is 1.18. The van der Waals surface area contributed by atoms with E-state index < -0.39 is 0 Å². The molecule has 1 heterocycles. The summed E-state index contributed by atoms with van der Waals surface area (Å²) < 4.78 is 5.85. The van der Waals surface area contributed by atoms with Crippen molar-refractivity contribution in [2.24, 2.45) is 0 Å². The SMILES string of the molecule is CCOC(=O)[C@H]1CCCC[N+]1(C)C. The van der Waals surface area contributed by atoms with E-state index in [2.05, 4.69) is 14.1 Å². The lowest BCUT2D eigenvalue weighted by molar-refractivity contribution is -0.911. The Hall–Kier alpha value is -0.570. The number of carbonyl (C=O) groups excluding carboxylic acids is 1. The maximum atomic E-state index is 11.6. The molecule has 76 valence electrons. The summed E-state index contributed by atoms with van der Waals surface area (Å²) in [5.74, 6) is -0.0211. The van der Waals surface area contributed by atoms with Crippen LogP contribution in [0, 0.1) is 0 Å². The molecule has 0 N–H and O–H groups in total. The van der Waals surface area contributed by atoms with Crippen molar-refractivity contribution in [3.63, 3.8) is 0 Å². The van der Waals surface area contributed by atoms with Gasteiger partial charge in [-0.2, -0.15) is 0 Å². The lowest BCUT2D eigenvalue weighted by Gasteiger charge is -2.39. The van der Waals surface area contributed by atoms with Crippen LogP contribution in [0.5, 0.6) is 0 Å². The second-order valence-electron chi connectivity index (χ2n) is 4.27. The van der Waals surface area contributed by atoms with Crippen molar-refractivity contribution in [1.82, 2.24) is 0 Å². The smallest absolute Gasteiger partial charge is 0.364 e. The highest BCUT2D eigenvalue weighted by molar-refractivity contribution is 5.74. The standard InChI is InChI=1S/C10H20NO2/c1-4-13-10(12)9-7-5-6-8-11(9,2)3/h9H,4-8H2,1-3H3/q+1/t9-/m1/s1. The number of rotatable bonds is 2. The third-order valence-corrected chi connectivity index (χ3v) is 2.86. The van der Waals surface area contributed by atoms with Crippen LogP contribution in [0.3, 0.4) is 0 Å². The second kappa shape index (κ2) is 4.09. The molecule has 1 aliphatic heterocycles. The van der Waals surface area contributed by atoms with Gasteiger partial charge in [-0.1, -0.05) is 0 Å². The summed E-state index contributed by atoms with van der Waals surface area (Å²) in [6, 6.07) is 0.0636. The molecule has 13 heavy (non-hydrogen) atoms. The van der Waals surface area contributed by atoms with Gasteiger partial charge in [0, 0.05) is 6.42 Å². The molecule has 0 spiro atoms. The van der Waals surface area contributed by atoms with Crippen molar-refractivity contribution in [3.8, 4) is 0 Å². The minimum atomic E-state index is -0.0211. The van der Waals surface area contributed by atoms with Crippen molar-refractivity contribution in [1.29, 1.82) is 0 Å². The average Bonchev–Trinajstić information content (AvgIpc) is 2.03. The first-order valence-electron chi connectivity index (χ1n) is 5.07. The number of esters is 1. The van der Waals surface area contributed by atoms with Crippen molar-refractivity contribution in [2.75, 3.05) is 27.2 Å². The quantitative estimate of drug-likeness (QED) is 0.478. The van der Waals surface area contributed by atoms with Crippen LogP contribution >= 0.6 is 0 Å². The predicted molar refractivity (Wildman–Crippen MR) is 51.2 cm³/mol. The Kier molecular flexibility index (Phi) is 3.31. The summed E-state index contributed by atoms with van der Waals surface area (Å²) in [4.78, 5) is 11.6. The van der Waals surface area contributed by atoms with Crippen LogP contribution in [0.15, 0.2) is 0 Å². The number of hydrogen-bond acceptors (Lipinski definition) is 2. The molecule has 3 heteroatoms. The highest BCUT2D eigenvalue weighted by Gasteiger charge is 2.38. The fraction of sp³-hybridized carbons (Fsp3) is 0.900. The van der Waals surface area contributed by atoms with E-state index in [0.717, 1.165) is 23.9 Å². The summed E-state index contributed by atoms with van der Waals surface area (Å²) in [6.07, 6.45) is 3.36. The molecule has 0 aliphatic carbocycles. The Bertz CT molecular complexity index is 189. The molecule has 3 nitrogen and oxygen atoms in total. The Morgan fingerprint density at radius 3 is 2.69 bits per heavy atom. The van der Waals surface area contributed by atoms with Gasteiger partial charge in [-0.05, 0) is 19.8 Å². The van der Waals surface area contributed by atoms with Gasteiger partial charge in [-0.25, -0.2) is 4.79 Å². The highest BCUT2D eigenvalue weighted by Crippen LogP contribution is 2.22. The van der Waals surface area contributed by atoms with Gasteiger partial charge in [0.1, 0.15) is 0 Å². The molecule has 0 aromatic rings. The zero-order chi connectivity index (χ0) is 9.90. The third kappa shape index (κ3) is 2.44. The van der Waals surface area contributed by atoms with Gasteiger partial charge in [0.15, 0.2) is 6.04 Å². The molecule has 0 unspecified atom stereocenters. The molecule has 1 aliphatic rings. The molecule has 0 amide bonds. The Balaban J connectivity index is 2.59. The summed E-state index contributed by atoms with van der Waals surface area (Å²) in [7, 11) is 4.22. The zero-order valence-corrected chi connectivity index (χ0v) is 8.88. The summed E-state index contributed by atoms with van der Waals surface area (Å²) in [6.45, 7) is 3.44. The minimum Gasteiger partial charge on any atom is -0.462 e. The van der Waals surface area contributed by atoms with E-state index >= 15 is 0 Å². The number of nitrogens with zero attached hydrogens (tertiary/aromatic N) is 1. The van der Waals surface area contributed by atoms with E-state index in [1.165, 1.54) is 6.42 Å². The maximum absolute atomic E-state index is 11.6. The Morgan fingerprint density at radius 2 is 2.15 bits per heavy atom. The van der Waals surface area contributed by atoms with E-state index in [-0.39, 0.29) is 12.0 Å². The van der Waals surface area contributed by atoms with Crippen LogP contribution in [0.4, 0.5) is 0 Å². The zero-order valence-electron chi connectivity index (χ0n) is 8.88. The molecule has 0 aromatic carbocycles. The molecular formula is C10H20NO2+. The number of likely N-dealkylation sites (N-methyl/N-ethyl adjacent to an activating group) is 1. The fourth-order valence-electron chi connectivity index (χ4n) is 2.00. The minimum absolute atomic E-state index is 0.0211. The van der Waals surface area contributed by atoms with E-state index in [9.17, 15) is 4.79 Å². The van der Waals surface area contributed by atoms with E-state index in [0.29, 0.717) is 6.61 Å². The van der Waals surface area contributed by atoms with Crippen molar-refractivity contribution >= 4 is 5.97 Å². The van der Waals surface area contributed by atoms with E-state index in [1.807, 2.05) is 6.92 Å². The van der Waals surface area contributed by atoms with Gasteiger partial charge in [-0.15, -0.1) is 0 Å². The van der Waals surface area contributed by atoms with Gasteiger partial charge >= 0.3 is 5.97 Å². The Labute approximate surface area is 80.3 Å². The summed E-state index contributed by atoms with van der Waals surface area (Å²) in [5.41, 5.74) is 0. The van der Waals surface area contributed by atoms with Crippen LogP contribution in [-0.4, -0.2) is 43.7 Å². The van der Waals surface area contributed by atoms with E-state index in [4.69, 9.17) is 4.74 Å². The van der Waals surface area contributed by atoms with Crippen molar-refractivity contribution in [3.05, 3.63) is 0 Å². The first kappa shape index (κ1) is 10.5. The molecule has 0 bridgehead atoms. The second-order valence-corrected chi connectivity index (χ2v) is 4.27. The molecule has 0 radical (unpaired) electrons. The lowest BCUT2D eigenvalue weighted by atomic mass is 10.0. The summed E-state index contributed by atoms with van der Waals surface area (Å²) >= 11 is 0. The number of quaternary nitrogens is 1. The molecule has 1 rings (SSSR count). The molecule has 0 saturated carbocycles. The molecule has 0 aromatic heterocycles. The topological polar surface area (TPSA) is 26.3 Å². The lowest BCUT2D eigenvalue weighted by Crippen LogP contribution is -2.56. The van der Waals surface area contributed by atoms with Crippen LogP contribution in [0.1, 0.15) is 26.2 Å². The fourth-order valence-corrected chi connectivity index (χ4v) is 2.00. The van der Waals surface area contributed by atoms with Crippen LogP contribution < -0.4 is 0 Å². The number of hydrogen-bond donors (Lipinski definition) is 0. The first-order chi connectivity index (χ1) is 6.08. The number of ether oxygens (including phenoxy) is 1. The van der Waals surface area contributed by atoms with Gasteiger partial charge < -0.3 is 9.22 Å². The number of likely N-dealkylation sites (tertiary alicyclic amines) is 1. The largest absolute Gasteiger partial charge is 0.462 e. The van der Waals surface area contributed by atoms with Gasteiger partial charge in [-0.3, -0.25) is 0 Å². The molecule has 1 atom stereocenters. The van der Waals surface area contributed by atoms with Crippen LogP contribution in [-0.2, 0) is 9.53 Å². The molecule has 1 fully saturated rings. The summed E-state index contributed by atoms with van der Waals surface area (Å²) in [5, 5.41) is 0. The third-order valence-electron chi connectivity index (χ3n) is 2.86. The first-order valence-corrected chi connectivity index (χ1v) is 5.07. The van der Waals surface area contributed by atoms with Gasteiger partial charge in [0.2, 0.25) is 0 Å². The van der Waals surface area contributed by atoms with Crippen LogP contribution in [0.2, 0.25) is 0 Å². The normalized spacial score (nSPS) is 26.8. The molecular weight excluding hydrogens is 166 g/mol. The van der Waals surface area contributed by atoms with Crippen molar-refractivity contribution in [2.45, 2.75) is 32.2 Å². The molecule has 1 saturated heterocycles. The van der Waals surface area contributed by atoms with Crippen LogP contribution in [0.25, 0.3) is 0 Å². The van der Waals surface area contributed by atoms with E-state index in [1.54, 1.807) is 0 Å².